The Morgan fingerprint density at radius 1 is 1.00 bits per heavy atom. The van der Waals surface area contributed by atoms with Crippen molar-refractivity contribution in [1.82, 2.24) is 10.6 Å². The molecule has 0 heterocycles. The molecule has 1 aromatic carbocycles. The summed E-state index contributed by atoms with van der Waals surface area (Å²) in [7, 11) is 1.98. The molecule has 3 N–H and O–H groups in total. The van der Waals surface area contributed by atoms with Gasteiger partial charge in [0, 0.05) is 12.1 Å². The zero-order valence-electron chi connectivity index (χ0n) is 13.9. The predicted molar refractivity (Wildman–Crippen MR) is 87.6 cm³/mol. The Kier molecular flexibility index (Phi) is 8.22. The Labute approximate surface area is 133 Å². The summed E-state index contributed by atoms with van der Waals surface area (Å²) in [4.78, 5) is 24.3. The van der Waals surface area contributed by atoms with E-state index in [-0.39, 0.29) is 18.4 Å². The van der Waals surface area contributed by atoms with Crippen LogP contribution in [0.4, 0.5) is 0 Å². The molecule has 0 saturated carbocycles. The topological polar surface area (TPSA) is 62.6 Å². The van der Waals surface area contributed by atoms with E-state index >= 15 is 0 Å². The van der Waals surface area contributed by atoms with E-state index in [0.717, 1.165) is 24.3 Å². The van der Waals surface area contributed by atoms with Crippen LogP contribution in [0.25, 0.3) is 0 Å². The Morgan fingerprint density at radius 2 is 1.64 bits per heavy atom. The molecule has 0 aliphatic rings. The van der Waals surface area contributed by atoms with Crippen molar-refractivity contribution in [3.8, 4) is 0 Å². The number of hydrogen-bond donors (Lipinski definition) is 3. The highest BCUT2D eigenvalue weighted by Crippen LogP contribution is 2.03. The van der Waals surface area contributed by atoms with Gasteiger partial charge in [0.15, 0.2) is 6.54 Å². The van der Waals surface area contributed by atoms with Crippen LogP contribution in [0.5, 0.6) is 0 Å². The number of hydrogen-bond acceptors (Lipinski definition) is 2. The molecule has 1 aromatic rings. The second-order valence-corrected chi connectivity index (χ2v) is 5.61. The largest absolute Gasteiger partial charge is 0.355 e. The van der Waals surface area contributed by atoms with Crippen molar-refractivity contribution in [2.75, 3.05) is 26.7 Å². The van der Waals surface area contributed by atoms with Crippen LogP contribution in [0.1, 0.15) is 31.4 Å². The molecule has 5 heteroatoms. The van der Waals surface area contributed by atoms with Crippen molar-refractivity contribution < 1.29 is 14.5 Å². The summed E-state index contributed by atoms with van der Waals surface area (Å²) in [5, 5.41) is 5.39. The average Bonchev–Trinajstić information content (AvgIpc) is 2.51. The number of quaternary nitrogens is 1. The first kappa shape index (κ1) is 18.2. The quantitative estimate of drug-likeness (QED) is 0.597. The Balaban J connectivity index is 2.29. The van der Waals surface area contributed by atoms with Crippen LogP contribution in [0.2, 0.25) is 0 Å². The number of nitrogens with one attached hydrogen (secondary N) is 3. The summed E-state index contributed by atoms with van der Waals surface area (Å²) >= 11 is 0. The van der Waals surface area contributed by atoms with E-state index in [9.17, 15) is 9.59 Å². The van der Waals surface area contributed by atoms with Crippen LogP contribution < -0.4 is 15.5 Å². The maximum Gasteiger partial charge on any atom is 0.275 e. The lowest BCUT2D eigenvalue weighted by Gasteiger charge is -2.14. The van der Waals surface area contributed by atoms with E-state index in [1.807, 2.05) is 14.0 Å². The summed E-state index contributed by atoms with van der Waals surface area (Å²) in [6.45, 7) is 5.97. The smallest absolute Gasteiger partial charge is 0.275 e. The number of rotatable bonds is 9. The van der Waals surface area contributed by atoms with Gasteiger partial charge in [-0.25, -0.2) is 0 Å². The van der Waals surface area contributed by atoms with Gasteiger partial charge in [-0.05, 0) is 18.4 Å². The minimum atomic E-state index is -0.136. The highest BCUT2D eigenvalue weighted by atomic mass is 16.2. The zero-order chi connectivity index (χ0) is 16.4. The molecule has 0 fully saturated rings. The number of aryl methyl sites for hydroxylation is 1. The lowest BCUT2D eigenvalue weighted by molar-refractivity contribution is -0.885. The molecule has 1 atom stereocenters. The molecule has 0 aromatic heterocycles. The molecule has 0 bridgehead atoms. The van der Waals surface area contributed by atoms with E-state index < -0.39 is 0 Å². The number of carbonyl (C=O) groups excluding carboxylic acids is 2. The first-order valence-corrected chi connectivity index (χ1v) is 7.97. The van der Waals surface area contributed by atoms with Crippen molar-refractivity contribution in [2.24, 2.45) is 0 Å². The standard InChI is InChI=1S/C17H27N3O2/c1-4-10-18-16(21)11-19-17(22)13-20(3)12-15-8-6-14(5-2)7-9-15/h6-9H,4-5,10-13H2,1-3H3,(H,18,21)(H,19,22)/p+1. The molecule has 0 spiro atoms. The molecule has 22 heavy (non-hydrogen) atoms. The van der Waals surface area contributed by atoms with E-state index in [4.69, 9.17) is 0 Å². The molecule has 1 rings (SSSR count). The molecular weight excluding hydrogens is 278 g/mol. The molecule has 122 valence electrons. The van der Waals surface area contributed by atoms with Crippen LogP contribution in [0.15, 0.2) is 24.3 Å². The lowest BCUT2D eigenvalue weighted by Crippen LogP contribution is -3.08. The summed E-state index contributed by atoms with van der Waals surface area (Å²) in [5.41, 5.74) is 2.53. The van der Waals surface area contributed by atoms with Crippen LogP contribution in [-0.4, -0.2) is 38.5 Å². The fraction of sp³-hybridized carbons (Fsp3) is 0.529. The maximum absolute atomic E-state index is 11.8. The van der Waals surface area contributed by atoms with Crippen molar-refractivity contribution in [1.29, 1.82) is 0 Å². The lowest BCUT2D eigenvalue weighted by atomic mass is 10.1. The fourth-order valence-corrected chi connectivity index (χ4v) is 2.15. The second kappa shape index (κ2) is 9.95. The number of carbonyl (C=O) groups is 2. The number of amides is 2. The van der Waals surface area contributed by atoms with Gasteiger partial charge in [0.05, 0.1) is 13.6 Å². The van der Waals surface area contributed by atoms with E-state index in [1.54, 1.807) is 0 Å². The average molecular weight is 306 g/mol. The molecule has 0 aliphatic carbocycles. The van der Waals surface area contributed by atoms with Gasteiger partial charge in [-0.3, -0.25) is 9.59 Å². The van der Waals surface area contributed by atoms with Gasteiger partial charge >= 0.3 is 0 Å². The van der Waals surface area contributed by atoms with Gasteiger partial charge in [-0.1, -0.05) is 38.1 Å². The number of likely N-dealkylation sites (N-methyl/N-ethyl adjacent to an activating group) is 1. The van der Waals surface area contributed by atoms with Crippen LogP contribution in [0.3, 0.4) is 0 Å². The highest BCUT2D eigenvalue weighted by molar-refractivity contribution is 5.84. The molecule has 0 saturated heterocycles. The monoisotopic (exact) mass is 306 g/mol. The summed E-state index contributed by atoms with van der Waals surface area (Å²) in [6.07, 6.45) is 1.93. The fourth-order valence-electron chi connectivity index (χ4n) is 2.15. The van der Waals surface area contributed by atoms with Crippen molar-refractivity contribution in [3.63, 3.8) is 0 Å². The number of benzene rings is 1. The normalized spacial score (nSPS) is 11.8. The van der Waals surface area contributed by atoms with Crippen LogP contribution in [0, 0.1) is 0 Å². The highest BCUT2D eigenvalue weighted by Gasteiger charge is 2.11. The van der Waals surface area contributed by atoms with Gasteiger partial charge in [0.25, 0.3) is 5.91 Å². The van der Waals surface area contributed by atoms with Crippen molar-refractivity contribution >= 4 is 11.8 Å². The van der Waals surface area contributed by atoms with Crippen molar-refractivity contribution in [2.45, 2.75) is 33.2 Å². The maximum atomic E-state index is 11.8. The molecule has 0 radical (unpaired) electrons. The van der Waals surface area contributed by atoms with Crippen LogP contribution >= 0.6 is 0 Å². The van der Waals surface area contributed by atoms with Crippen molar-refractivity contribution in [3.05, 3.63) is 35.4 Å². The minimum Gasteiger partial charge on any atom is -0.355 e. The van der Waals surface area contributed by atoms with Gasteiger partial charge in [-0.2, -0.15) is 0 Å². The van der Waals surface area contributed by atoms with Gasteiger partial charge in [-0.15, -0.1) is 0 Å². The summed E-state index contributed by atoms with van der Waals surface area (Å²) in [5.74, 6) is -0.239. The Morgan fingerprint density at radius 3 is 2.23 bits per heavy atom. The zero-order valence-corrected chi connectivity index (χ0v) is 13.9. The first-order chi connectivity index (χ1) is 10.5. The predicted octanol–water partition coefficient (Wildman–Crippen LogP) is -0.0939. The van der Waals surface area contributed by atoms with E-state index in [1.165, 1.54) is 11.1 Å². The third-order valence-corrected chi connectivity index (χ3v) is 3.42. The molecule has 2 amide bonds. The Hall–Kier alpha value is -1.88. The van der Waals surface area contributed by atoms with E-state index in [0.29, 0.717) is 13.1 Å². The SMILES string of the molecule is CCCNC(=O)CNC(=O)C[NH+](C)Cc1ccc(CC)cc1. The molecular formula is C17H28N3O2+. The van der Waals surface area contributed by atoms with E-state index in [2.05, 4.69) is 41.8 Å². The van der Waals surface area contributed by atoms with Gasteiger partial charge in [0.1, 0.15) is 6.54 Å². The van der Waals surface area contributed by atoms with Crippen LogP contribution in [-0.2, 0) is 22.6 Å². The third kappa shape index (κ3) is 7.22. The molecule has 0 aliphatic heterocycles. The second-order valence-electron chi connectivity index (χ2n) is 5.61. The molecule has 5 nitrogen and oxygen atoms in total. The molecule has 1 unspecified atom stereocenters. The first-order valence-electron chi connectivity index (χ1n) is 7.97. The minimum absolute atomic E-state index is 0.0529. The van der Waals surface area contributed by atoms with Gasteiger partial charge in [0.2, 0.25) is 5.91 Å². The third-order valence-electron chi connectivity index (χ3n) is 3.42. The Bertz CT molecular complexity index is 471. The van der Waals surface area contributed by atoms with Gasteiger partial charge < -0.3 is 15.5 Å². The summed E-state index contributed by atoms with van der Waals surface area (Å²) < 4.78 is 0. The summed E-state index contributed by atoms with van der Waals surface area (Å²) in [6, 6.07) is 8.47.